The van der Waals surface area contributed by atoms with Gasteiger partial charge >= 0.3 is 0 Å². The summed E-state index contributed by atoms with van der Waals surface area (Å²) in [6, 6.07) is 10.1. The Hall–Kier alpha value is -1.96. The van der Waals surface area contributed by atoms with Crippen LogP contribution in [0, 0.1) is 5.92 Å². The van der Waals surface area contributed by atoms with Crippen LogP contribution >= 0.6 is 0 Å². The van der Waals surface area contributed by atoms with Crippen molar-refractivity contribution >= 4 is 0 Å². The Labute approximate surface area is 171 Å². The smallest absolute Gasteiger partial charge is 0.134 e. The molecule has 3 aliphatic rings. The highest BCUT2D eigenvalue weighted by Gasteiger charge is 2.48. The minimum Gasteiger partial charge on any atom is -0.487 e. The fourth-order valence-corrected chi connectivity index (χ4v) is 4.81. The van der Waals surface area contributed by atoms with Crippen LogP contribution in [-0.2, 0) is 16.1 Å². The Bertz CT molecular complexity index is 777. The number of nitrogens with one attached hydrogen (secondary N) is 1. The second-order valence-corrected chi connectivity index (χ2v) is 8.47. The number of benzene rings is 1. The van der Waals surface area contributed by atoms with Gasteiger partial charge in [-0.05, 0) is 37.4 Å². The van der Waals surface area contributed by atoms with E-state index in [-0.39, 0.29) is 24.3 Å². The molecule has 7 nitrogen and oxygen atoms in total. The first-order valence-electron chi connectivity index (χ1n) is 10.9. The van der Waals surface area contributed by atoms with Gasteiger partial charge in [0.1, 0.15) is 36.3 Å². The average molecular weight is 399 g/mol. The summed E-state index contributed by atoms with van der Waals surface area (Å²) >= 11 is 0. The van der Waals surface area contributed by atoms with Crippen LogP contribution in [0.4, 0.5) is 0 Å². The molecule has 3 fully saturated rings. The van der Waals surface area contributed by atoms with E-state index in [1.54, 1.807) is 0 Å². The topological polar surface area (TPSA) is 70.4 Å². The van der Waals surface area contributed by atoms with Crippen LogP contribution < -0.4 is 10.1 Å². The molecule has 0 bridgehead atoms. The first-order chi connectivity index (χ1) is 14.4. The van der Waals surface area contributed by atoms with Crippen molar-refractivity contribution < 1.29 is 14.2 Å². The fourth-order valence-electron chi connectivity index (χ4n) is 4.81. The van der Waals surface area contributed by atoms with Crippen molar-refractivity contribution in [3.63, 3.8) is 0 Å². The monoisotopic (exact) mass is 398 g/mol. The SMILES string of the molecule is c1ccc(OCc2cn([C@@H]3CO[C@@H]4[C@@H]3OC[C@@H]4NCC3CCCCC3)nn2)cc1. The van der Waals surface area contributed by atoms with Gasteiger partial charge in [0.2, 0.25) is 0 Å². The molecule has 0 radical (unpaired) electrons. The van der Waals surface area contributed by atoms with Crippen LogP contribution in [0.5, 0.6) is 5.75 Å². The summed E-state index contributed by atoms with van der Waals surface area (Å²) in [5.41, 5.74) is 0.808. The maximum Gasteiger partial charge on any atom is 0.134 e. The molecule has 7 heteroatoms. The summed E-state index contributed by atoms with van der Waals surface area (Å²) in [5.74, 6) is 1.64. The second-order valence-electron chi connectivity index (χ2n) is 8.47. The normalized spacial score (nSPS) is 29.8. The zero-order valence-corrected chi connectivity index (χ0v) is 16.8. The highest BCUT2D eigenvalue weighted by Crippen LogP contribution is 2.34. The molecule has 0 amide bonds. The van der Waals surface area contributed by atoms with Gasteiger partial charge in [-0.1, -0.05) is 42.7 Å². The van der Waals surface area contributed by atoms with E-state index in [0.717, 1.165) is 23.9 Å². The summed E-state index contributed by atoms with van der Waals surface area (Å²) < 4.78 is 19.9. The van der Waals surface area contributed by atoms with Crippen LogP contribution in [0.15, 0.2) is 36.5 Å². The molecular weight excluding hydrogens is 368 g/mol. The second kappa shape index (κ2) is 8.81. The molecule has 1 aromatic carbocycles. The van der Waals surface area contributed by atoms with Gasteiger partial charge in [-0.2, -0.15) is 0 Å². The van der Waals surface area contributed by atoms with Crippen LogP contribution in [0.1, 0.15) is 43.8 Å². The van der Waals surface area contributed by atoms with Gasteiger partial charge in [0.25, 0.3) is 0 Å². The molecule has 4 atom stereocenters. The van der Waals surface area contributed by atoms with Crippen molar-refractivity contribution in [1.82, 2.24) is 20.3 Å². The van der Waals surface area contributed by atoms with E-state index in [1.807, 2.05) is 41.2 Å². The number of ether oxygens (including phenoxy) is 3. The van der Waals surface area contributed by atoms with E-state index < -0.39 is 0 Å². The zero-order chi connectivity index (χ0) is 19.5. The maximum atomic E-state index is 6.13. The molecule has 1 N–H and O–H groups in total. The van der Waals surface area contributed by atoms with Crippen molar-refractivity contribution in [3.8, 4) is 5.75 Å². The predicted molar refractivity (Wildman–Crippen MR) is 108 cm³/mol. The van der Waals surface area contributed by atoms with Gasteiger partial charge in [-0.15, -0.1) is 5.10 Å². The van der Waals surface area contributed by atoms with Gasteiger partial charge in [0.05, 0.1) is 25.5 Å². The number of nitrogens with zero attached hydrogens (tertiary/aromatic N) is 3. The number of para-hydroxylation sites is 1. The third-order valence-corrected chi connectivity index (χ3v) is 6.45. The lowest BCUT2D eigenvalue weighted by Crippen LogP contribution is -2.43. The lowest BCUT2D eigenvalue weighted by Gasteiger charge is -2.25. The molecule has 0 unspecified atom stereocenters. The van der Waals surface area contributed by atoms with Crippen molar-refractivity contribution in [2.45, 2.75) is 63.0 Å². The minimum absolute atomic E-state index is 0.0310. The Balaban J connectivity index is 1.14. The number of hydrogen-bond donors (Lipinski definition) is 1. The highest BCUT2D eigenvalue weighted by atomic mass is 16.6. The van der Waals surface area contributed by atoms with Gasteiger partial charge in [-0.25, -0.2) is 4.68 Å². The summed E-state index contributed by atoms with van der Waals surface area (Å²) in [5, 5.41) is 12.3. The summed E-state index contributed by atoms with van der Waals surface area (Å²) in [4.78, 5) is 0. The molecule has 0 spiro atoms. The van der Waals surface area contributed by atoms with E-state index in [4.69, 9.17) is 14.2 Å². The van der Waals surface area contributed by atoms with Crippen molar-refractivity contribution in [3.05, 3.63) is 42.2 Å². The van der Waals surface area contributed by atoms with Crippen molar-refractivity contribution in [2.75, 3.05) is 19.8 Å². The minimum atomic E-state index is 0.0310. The largest absolute Gasteiger partial charge is 0.487 e. The van der Waals surface area contributed by atoms with Gasteiger partial charge < -0.3 is 19.5 Å². The van der Waals surface area contributed by atoms with E-state index in [0.29, 0.717) is 19.8 Å². The molecule has 156 valence electrons. The maximum absolute atomic E-state index is 6.13. The number of hydrogen-bond acceptors (Lipinski definition) is 6. The third kappa shape index (κ3) is 4.32. The zero-order valence-electron chi connectivity index (χ0n) is 16.8. The lowest BCUT2D eigenvalue weighted by atomic mass is 9.89. The molecule has 1 aliphatic carbocycles. The highest BCUT2D eigenvalue weighted by molar-refractivity contribution is 5.21. The molecule has 3 heterocycles. The van der Waals surface area contributed by atoms with Gasteiger partial charge in [0, 0.05) is 0 Å². The first-order valence-corrected chi connectivity index (χ1v) is 10.9. The quantitative estimate of drug-likeness (QED) is 0.773. The standard InChI is InChI=1S/C22H30N4O3/c1-3-7-16(8-4-1)11-23-19-14-28-22-20(15-29-21(19)22)26-12-17(24-25-26)13-27-18-9-5-2-6-10-18/h2,5-6,9-10,12,16,19-23H,1,3-4,7-8,11,13-15H2/t19-,20+,21-,22+/m0/s1. The van der Waals surface area contributed by atoms with Crippen LogP contribution in [-0.4, -0.2) is 53.0 Å². The number of rotatable bonds is 7. The van der Waals surface area contributed by atoms with Crippen LogP contribution in [0.25, 0.3) is 0 Å². The molecule has 29 heavy (non-hydrogen) atoms. The van der Waals surface area contributed by atoms with Crippen molar-refractivity contribution in [2.24, 2.45) is 5.92 Å². The molecule has 2 saturated heterocycles. The lowest BCUT2D eigenvalue weighted by molar-refractivity contribution is 0.0618. The molecule has 1 aromatic heterocycles. The Morgan fingerprint density at radius 3 is 2.72 bits per heavy atom. The average Bonchev–Trinajstić information content (AvgIpc) is 3.49. The van der Waals surface area contributed by atoms with E-state index in [1.165, 1.54) is 32.1 Å². The first kappa shape index (κ1) is 19.0. The van der Waals surface area contributed by atoms with E-state index >= 15 is 0 Å². The van der Waals surface area contributed by atoms with Gasteiger partial charge in [0.15, 0.2) is 0 Å². The summed E-state index contributed by atoms with van der Waals surface area (Å²) in [7, 11) is 0. The van der Waals surface area contributed by atoms with Crippen LogP contribution in [0.2, 0.25) is 0 Å². The molecular formula is C22H30N4O3. The Kier molecular flexibility index (Phi) is 5.78. The summed E-state index contributed by atoms with van der Waals surface area (Å²) in [6.45, 7) is 2.80. The fraction of sp³-hybridized carbons (Fsp3) is 0.636. The number of aromatic nitrogens is 3. The predicted octanol–water partition coefficient (Wildman–Crippen LogP) is 2.73. The molecule has 2 aliphatic heterocycles. The molecule has 1 saturated carbocycles. The Morgan fingerprint density at radius 2 is 1.86 bits per heavy atom. The van der Waals surface area contributed by atoms with Crippen LogP contribution in [0.3, 0.4) is 0 Å². The Morgan fingerprint density at radius 1 is 1.03 bits per heavy atom. The molecule has 2 aromatic rings. The van der Waals surface area contributed by atoms with Crippen molar-refractivity contribution in [1.29, 1.82) is 0 Å². The van der Waals surface area contributed by atoms with Gasteiger partial charge in [-0.3, -0.25) is 0 Å². The number of fused-ring (bicyclic) bond motifs is 1. The third-order valence-electron chi connectivity index (χ3n) is 6.45. The summed E-state index contributed by atoms with van der Waals surface area (Å²) in [6.07, 6.45) is 8.93. The molecule has 5 rings (SSSR count). The van der Waals surface area contributed by atoms with E-state index in [9.17, 15) is 0 Å². The van der Waals surface area contributed by atoms with E-state index in [2.05, 4.69) is 15.6 Å².